The van der Waals surface area contributed by atoms with Crippen molar-refractivity contribution in [2.45, 2.75) is 13.0 Å². The number of nitrogens with zero attached hydrogens (tertiary/aromatic N) is 2. The van der Waals surface area contributed by atoms with Gasteiger partial charge in [-0.1, -0.05) is 6.07 Å². The molecular formula is C18H14N4O3S2. The summed E-state index contributed by atoms with van der Waals surface area (Å²) >= 11 is 6.83. The lowest BCUT2D eigenvalue weighted by Gasteiger charge is -2.08. The highest BCUT2D eigenvalue weighted by molar-refractivity contribution is 7.71. The van der Waals surface area contributed by atoms with Crippen LogP contribution in [0.2, 0.25) is 0 Å². The second-order valence-corrected chi connectivity index (χ2v) is 7.12. The van der Waals surface area contributed by atoms with Crippen molar-refractivity contribution in [3.05, 3.63) is 63.0 Å². The molecule has 0 atom stereocenters. The number of H-pyrrole nitrogens is 1. The Labute approximate surface area is 162 Å². The van der Waals surface area contributed by atoms with E-state index in [1.807, 2.05) is 22.1 Å². The van der Waals surface area contributed by atoms with Gasteiger partial charge >= 0.3 is 5.63 Å². The van der Waals surface area contributed by atoms with Crippen molar-refractivity contribution >= 4 is 46.1 Å². The van der Waals surface area contributed by atoms with Gasteiger partial charge in [0.2, 0.25) is 5.91 Å². The second kappa shape index (κ2) is 7.29. The Balaban J connectivity index is 1.46. The summed E-state index contributed by atoms with van der Waals surface area (Å²) in [7, 11) is 0. The maximum atomic E-state index is 12.3. The average Bonchev–Trinajstić information content (AvgIpc) is 3.30. The summed E-state index contributed by atoms with van der Waals surface area (Å²) < 4.78 is 7.38. The zero-order chi connectivity index (χ0) is 18.8. The number of hydrogen-bond acceptors (Lipinski definition) is 6. The molecule has 0 fully saturated rings. The zero-order valence-electron chi connectivity index (χ0n) is 14.0. The van der Waals surface area contributed by atoms with Crippen LogP contribution in [-0.2, 0) is 11.3 Å². The zero-order valence-corrected chi connectivity index (χ0v) is 15.6. The number of aromatic amines is 1. The topological polar surface area (TPSA) is 92.9 Å². The van der Waals surface area contributed by atoms with E-state index < -0.39 is 5.63 Å². The van der Waals surface area contributed by atoms with Crippen LogP contribution in [-0.4, -0.2) is 20.7 Å². The Bertz CT molecular complexity index is 1220. The molecule has 0 bridgehead atoms. The van der Waals surface area contributed by atoms with Crippen LogP contribution in [0, 0.1) is 4.77 Å². The molecule has 0 aliphatic rings. The third kappa shape index (κ3) is 3.74. The first kappa shape index (κ1) is 17.4. The SMILES string of the molecule is O=C(CCn1c(-c2cccs2)n[nH]c1=S)Nc1ccc2oc(=O)ccc2c1. The fourth-order valence-electron chi connectivity index (χ4n) is 2.71. The molecule has 136 valence electrons. The van der Waals surface area contributed by atoms with Gasteiger partial charge in [-0.25, -0.2) is 4.79 Å². The van der Waals surface area contributed by atoms with Crippen molar-refractivity contribution in [2.75, 3.05) is 5.32 Å². The fraction of sp³-hybridized carbons (Fsp3) is 0.111. The molecule has 0 aliphatic carbocycles. The predicted molar refractivity (Wildman–Crippen MR) is 106 cm³/mol. The van der Waals surface area contributed by atoms with Crippen molar-refractivity contribution < 1.29 is 9.21 Å². The van der Waals surface area contributed by atoms with E-state index in [-0.39, 0.29) is 12.3 Å². The van der Waals surface area contributed by atoms with Gasteiger partial charge in [-0.3, -0.25) is 14.5 Å². The van der Waals surface area contributed by atoms with Gasteiger partial charge in [0.1, 0.15) is 5.58 Å². The number of carbonyl (C=O) groups is 1. The molecular weight excluding hydrogens is 384 g/mol. The van der Waals surface area contributed by atoms with E-state index >= 15 is 0 Å². The van der Waals surface area contributed by atoms with E-state index in [1.165, 1.54) is 6.07 Å². The van der Waals surface area contributed by atoms with Gasteiger partial charge in [-0.05, 0) is 47.9 Å². The lowest BCUT2D eigenvalue weighted by molar-refractivity contribution is -0.116. The maximum absolute atomic E-state index is 12.3. The number of amides is 1. The van der Waals surface area contributed by atoms with Crippen molar-refractivity contribution in [1.82, 2.24) is 14.8 Å². The minimum absolute atomic E-state index is 0.146. The fourth-order valence-corrected chi connectivity index (χ4v) is 3.65. The number of thiophene rings is 1. The molecule has 0 spiro atoms. The summed E-state index contributed by atoms with van der Waals surface area (Å²) in [6, 6.07) is 12.0. The second-order valence-electron chi connectivity index (χ2n) is 5.79. The molecule has 0 radical (unpaired) electrons. The van der Waals surface area contributed by atoms with Crippen LogP contribution >= 0.6 is 23.6 Å². The molecule has 3 heterocycles. The first-order valence-electron chi connectivity index (χ1n) is 8.13. The van der Waals surface area contributed by atoms with Crippen molar-refractivity contribution in [2.24, 2.45) is 0 Å². The van der Waals surface area contributed by atoms with Gasteiger partial charge in [-0.2, -0.15) is 5.10 Å². The van der Waals surface area contributed by atoms with E-state index in [1.54, 1.807) is 35.6 Å². The highest BCUT2D eigenvalue weighted by Gasteiger charge is 2.12. The Hall–Kier alpha value is -3.04. The van der Waals surface area contributed by atoms with Crippen LogP contribution in [0.5, 0.6) is 0 Å². The van der Waals surface area contributed by atoms with Crippen molar-refractivity contribution in [3.8, 4) is 10.7 Å². The number of hydrogen-bond donors (Lipinski definition) is 2. The van der Waals surface area contributed by atoms with E-state index in [4.69, 9.17) is 16.6 Å². The van der Waals surface area contributed by atoms with Gasteiger partial charge in [0.25, 0.3) is 0 Å². The van der Waals surface area contributed by atoms with E-state index in [2.05, 4.69) is 15.5 Å². The summed E-state index contributed by atoms with van der Waals surface area (Å²) in [5, 5.41) is 12.6. The number of nitrogens with one attached hydrogen (secondary N) is 2. The predicted octanol–water partition coefficient (Wildman–Crippen LogP) is 3.80. The Morgan fingerprint density at radius 3 is 3.00 bits per heavy atom. The van der Waals surface area contributed by atoms with Gasteiger partial charge in [-0.15, -0.1) is 11.3 Å². The minimum Gasteiger partial charge on any atom is -0.423 e. The monoisotopic (exact) mass is 398 g/mol. The highest BCUT2D eigenvalue weighted by Crippen LogP contribution is 2.23. The normalized spacial score (nSPS) is 11.0. The van der Waals surface area contributed by atoms with Crippen molar-refractivity contribution in [1.29, 1.82) is 0 Å². The van der Waals surface area contributed by atoms with Crippen LogP contribution in [0.4, 0.5) is 5.69 Å². The molecule has 0 aliphatic heterocycles. The molecule has 9 heteroatoms. The Kier molecular flexibility index (Phi) is 4.69. The maximum Gasteiger partial charge on any atom is 0.336 e. The first-order chi connectivity index (χ1) is 13.1. The van der Waals surface area contributed by atoms with Crippen LogP contribution in [0.15, 0.2) is 57.1 Å². The Morgan fingerprint density at radius 1 is 1.30 bits per heavy atom. The van der Waals surface area contributed by atoms with Crippen molar-refractivity contribution in [3.63, 3.8) is 0 Å². The van der Waals surface area contributed by atoms with E-state index in [0.717, 1.165) is 16.1 Å². The van der Waals surface area contributed by atoms with Gasteiger partial charge in [0.05, 0.1) is 4.88 Å². The number of rotatable bonds is 5. The molecule has 3 aromatic heterocycles. The summed E-state index contributed by atoms with van der Waals surface area (Å²) in [6.07, 6.45) is 0.244. The molecule has 4 aromatic rings. The van der Waals surface area contributed by atoms with Crippen LogP contribution in [0.25, 0.3) is 21.7 Å². The van der Waals surface area contributed by atoms with Crippen LogP contribution in [0.1, 0.15) is 6.42 Å². The number of aromatic nitrogens is 3. The quantitative estimate of drug-likeness (QED) is 0.394. The molecule has 4 rings (SSSR count). The highest BCUT2D eigenvalue weighted by atomic mass is 32.1. The third-order valence-corrected chi connectivity index (χ3v) is 5.14. The number of anilines is 1. The molecule has 2 N–H and O–H groups in total. The number of benzene rings is 1. The molecule has 0 saturated heterocycles. The van der Waals surface area contributed by atoms with Gasteiger partial charge in [0.15, 0.2) is 10.6 Å². The number of carbonyl (C=O) groups excluding carboxylic acids is 1. The molecule has 7 nitrogen and oxygen atoms in total. The summed E-state index contributed by atoms with van der Waals surface area (Å²) in [5.41, 5.74) is 0.707. The Morgan fingerprint density at radius 2 is 2.19 bits per heavy atom. The van der Waals surface area contributed by atoms with Crippen LogP contribution < -0.4 is 10.9 Å². The number of fused-ring (bicyclic) bond motifs is 1. The average molecular weight is 398 g/mol. The largest absolute Gasteiger partial charge is 0.423 e. The van der Waals surface area contributed by atoms with Crippen LogP contribution in [0.3, 0.4) is 0 Å². The summed E-state index contributed by atoms with van der Waals surface area (Å²) in [4.78, 5) is 24.6. The van der Waals surface area contributed by atoms with E-state index in [0.29, 0.717) is 22.6 Å². The smallest absolute Gasteiger partial charge is 0.336 e. The molecule has 0 unspecified atom stereocenters. The van der Waals surface area contributed by atoms with E-state index in [9.17, 15) is 9.59 Å². The lowest BCUT2D eigenvalue weighted by Crippen LogP contribution is -2.15. The summed E-state index contributed by atoms with van der Waals surface area (Å²) in [5.74, 6) is 0.579. The molecule has 1 aromatic carbocycles. The lowest BCUT2D eigenvalue weighted by atomic mass is 10.2. The summed E-state index contributed by atoms with van der Waals surface area (Å²) in [6.45, 7) is 0.414. The van der Waals surface area contributed by atoms with Gasteiger partial charge in [0, 0.05) is 30.1 Å². The molecule has 1 amide bonds. The first-order valence-corrected chi connectivity index (χ1v) is 9.42. The van der Waals surface area contributed by atoms with Gasteiger partial charge < -0.3 is 9.73 Å². The minimum atomic E-state index is -0.405. The molecule has 0 saturated carbocycles. The molecule has 27 heavy (non-hydrogen) atoms. The third-order valence-electron chi connectivity index (χ3n) is 3.97. The standard InChI is InChI=1S/C18H14N4O3S2/c23-15(19-12-4-5-13-11(10-12)3-6-16(24)25-13)7-8-22-17(20-21-18(22)26)14-2-1-9-27-14/h1-6,9-10H,7-8H2,(H,19,23)(H,21,26).